The maximum atomic E-state index is 2.37. The molecular formula is C27H29OSn2+. The molecule has 0 saturated carbocycles. The van der Waals surface area contributed by atoms with Crippen molar-refractivity contribution >= 4 is 53.8 Å². The second kappa shape index (κ2) is 12.3. The zero-order valence-corrected chi connectivity index (χ0v) is 23.0. The van der Waals surface area contributed by atoms with Crippen LogP contribution in [0.2, 0.25) is 8.87 Å². The van der Waals surface area contributed by atoms with Gasteiger partial charge in [-0.3, -0.25) is 0 Å². The van der Waals surface area contributed by atoms with Gasteiger partial charge in [0.2, 0.25) is 0 Å². The first-order valence-electron chi connectivity index (χ1n) is 10.3. The van der Waals surface area contributed by atoms with Gasteiger partial charge in [0.05, 0.1) is 0 Å². The zero-order chi connectivity index (χ0) is 19.7. The van der Waals surface area contributed by atoms with Gasteiger partial charge in [-0.1, -0.05) is 0 Å². The van der Waals surface area contributed by atoms with Crippen LogP contribution < -0.4 is 14.3 Å². The first-order chi connectivity index (χ1) is 14.4. The van der Waals surface area contributed by atoms with Gasteiger partial charge in [-0.15, -0.1) is 0 Å². The van der Waals surface area contributed by atoms with E-state index in [2.05, 4.69) is 121 Å². The van der Waals surface area contributed by atoms with Gasteiger partial charge < -0.3 is 5.48 Å². The van der Waals surface area contributed by atoms with Crippen molar-refractivity contribution in [1.29, 1.82) is 0 Å². The molecular weight excluding hydrogens is 578 g/mol. The molecule has 0 heterocycles. The molecule has 0 aliphatic rings. The van der Waals surface area contributed by atoms with Crippen LogP contribution in [0, 0.1) is 0 Å². The van der Waals surface area contributed by atoms with Gasteiger partial charge >= 0.3 is 190 Å². The van der Waals surface area contributed by atoms with Crippen molar-refractivity contribution in [3.63, 3.8) is 0 Å². The van der Waals surface area contributed by atoms with E-state index in [1.54, 1.807) is 14.3 Å². The summed E-state index contributed by atoms with van der Waals surface area (Å²) in [6, 6.07) is 45.3. The van der Waals surface area contributed by atoms with Crippen LogP contribution in [-0.4, -0.2) is 39.5 Å². The van der Waals surface area contributed by atoms with E-state index in [1.807, 2.05) is 0 Å². The third-order valence-electron chi connectivity index (χ3n) is 5.34. The van der Waals surface area contributed by atoms with Crippen LogP contribution >= 0.6 is 0 Å². The average Bonchev–Trinajstić information content (AvgIpc) is 2.81. The quantitative estimate of drug-likeness (QED) is 0.218. The van der Waals surface area contributed by atoms with Gasteiger partial charge in [0.15, 0.2) is 0 Å². The van der Waals surface area contributed by atoms with Crippen molar-refractivity contribution in [3.8, 4) is 0 Å². The summed E-state index contributed by atoms with van der Waals surface area (Å²) < 4.78 is 9.33. The molecule has 2 radical (unpaired) electrons. The first-order valence-corrected chi connectivity index (χ1v) is 20.1. The summed E-state index contributed by atoms with van der Waals surface area (Å²) in [4.78, 5) is 0. The van der Waals surface area contributed by atoms with Gasteiger partial charge in [-0.25, -0.2) is 0 Å². The van der Waals surface area contributed by atoms with Crippen molar-refractivity contribution in [3.05, 3.63) is 121 Å². The van der Waals surface area contributed by atoms with Gasteiger partial charge in [0, 0.05) is 0 Å². The summed E-state index contributed by atoms with van der Waals surface area (Å²) in [5, 5.41) is 0. The van der Waals surface area contributed by atoms with E-state index in [4.69, 9.17) is 0 Å². The molecule has 3 N–H and O–H groups in total. The molecule has 0 amide bonds. The Balaban J connectivity index is 0.00000256. The van der Waals surface area contributed by atoms with Gasteiger partial charge in [-0.05, 0) is 0 Å². The van der Waals surface area contributed by atoms with E-state index >= 15 is 0 Å². The van der Waals surface area contributed by atoms with Gasteiger partial charge in [0.1, 0.15) is 0 Å². The fourth-order valence-corrected chi connectivity index (χ4v) is 21.8. The molecule has 1 nitrogen and oxygen atoms in total. The fraction of sp³-hybridized carbons (Fsp3) is 0.111. The Hall–Kier alpha value is -1.56. The molecule has 0 aromatic heterocycles. The number of benzene rings is 4. The predicted octanol–water partition coefficient (Wildman–Crippen LogP) is 3.07. The van der Waals surface area contributed by atoms with E-state index in [-0.39, 0.29) is 5.48 Å². The molecule has 0 aliphatic heterocycles. The third kappa shape index (κ3) is 6.22. The molecule has 0 spiro atoms. The van der Waals surface area contributed by atoms with Crippen molar-refractivity contribution in [1.82, 2.24) is 0 Å². The zero-order valence-electron chi connectivity index (χ0n) is 17.2. The van der Waals surface area contributed by atoms with E-state index in [9.17, 15) is 0 Å². The summed E-state index contributed by atoms with van der Waals surface area (Å²) in [6.07, 6.45) is 1.36. The van der Waals surface area contributed by atoms with Crippen LogP contribution in [0.3, 0.4) is 0 Å². The van der Waals surface area contributed by atoms with Crippen LogP contribution in [0.5, 0.6) is 0 Å². The number of hydrogen-bond acceptors (Lipinski definition) is 0. The first kappa shape index (κ1) is 23.1. The van der Waals surface area contributed by atoms with Crippen molar-refractivity contribution in [2.45, 2.75) is 15.3 Å². The molecule has 0 atom stereocenters. The second-order valence-electron chi connectivity index (χ2n) is 7.27. The van der Waals surface area contributed by atoms with Crippen LogP contribution in [0.1, 0.15) is 6.42 Å². The molecule has 0 aliphatic carbocycles. The van der Waals surface area contributed by atoms with E-state index in [1.165, 1.54) is 15.3 Å². The number of hydrogen-bond donors (Lipinski definition) is 0. The van der Waals surface area contributed by atoms with E-state index in [0.717, 1.165) is 0 Å². The minimum atomic E-state index is -1.85. The van der Waals surface area contributed by atoms with E-state index < -0.39 is 39.5 Å². The summed E-state index contributed by atoms with van der Waals surface area (Å²) in [5.74, 6) is 0. The molecule has 150 valence electrons. The molecule has 3 heteroatoms. The Bertz CT molecular complexity index is 814. The molecule has 4 aromatic rings. The Kier molecular flexibility index (Phi) is 9.50. The predicted molar refractivity (Wildman–Crippen MR) is 135 cm³/mol. The van der Waals surface area contributed by atoms with Crippen LogP contribution in [0.25, 0.3) is 0 Å². The molecule has 0 fully saturated rings. The van der Waals surface area contributed by atoms with Gasteiger partial charge in [0.25, 0.3) is 0 Å². The van der Waals surface area contributed by atoms with Crippen molar-refractivity contribution in [2.75, 3.05) is 0 Å². The summed E-state index contributed by atoms with van der Waals surface area (Å²) in [6.45, 7) is 0. The van der Waals surface area contributed by atoms with Crippen LogP contribution in [-0.2, 0) is 5.48 Å². The molecule has 0 bridgehead atoms. The topological polar surface area (TPSA) is 33.0 Å². The Morgan fingerprint density at radius 1 is 0.367 bits per heavy atom. The maximum absolute atomic E-state index is 2.37. The van der Waals surface area contributed by atoms with Gasteiger partial charge in [-0.2, -0.15) is 0 Å². The minimum absolute atomic E-state index is 0. The van der Waals surface area contributed by atoms with E-state index in [0.29, 0.717) is 0 Å². The third-order valence-corrected chi connectivity index (χ3v) is 22.0. The summed E-state index contributed by atoms with van der Waals surface area (Å²) in [7, 11) is 0. The molecule has 30 heavy (non-hydrogen) atoms. The molecule has 0 saturated heterocycles. The Morgan fingerprint density at radius 2 is 0.600 bits per heavy atom. The van der Waals surface area contributed by atoms with Crippen molar-refractivity contribution < 1.29 is 5.48 Å². The molecule has 4 rings (SSSR count). The Labute approximate surface area is 194 Å². The second-order valence-corrected chi connectivity index (χ2v) is 22.2. The summed E-state index contributed by atoms with van der Waals surface area (Å²) >= 11 is -3.70. The SMILES string of the molecule is [OH3+].c1cc[c]([Sn]([CH2]C[CH2][Sn]([c]2ccccc2)[c]2ccccc2)[c]2ccccc2)cc1. The Morgan fingerprint density at radius 3 is 0.833 bits per heavy atom. The van der Waals surface area contributed by atoms with Crippen molar-refractivity contribution in [2.24, 2.45) is 0 Å². The standard InChI is InChI=1S/4C6H5.C3H6.H2O.2Sn/c4*1-2-4-6-5-3-1;1-3-2;;;/h4*1-5H;1-3H2;1H2;;/p+1. The average molecular weight is 607 g/mol. The summed E-state index contributed by atoms with van der Waals surface area (Å²) in [5.41, 5.74) is 0. The number of rotatable bonds is 8. The molecule has 0 unspecified atom stereocenters. The van der Waals surface area contributed by atoms with Crippen LogP contribution in [0.4, 0.5) is 0 Å². The fourth-order valence-electron chi connectivity index (χ4n) is 3.91. The van der Waals surface area contributed by atoms with Crippen LogP contribution in [0.15, 0.2) is 121 Å². The monoisotopic (exact) mass is 609 g/mol. The normalized spacial score (nSPS) is 10.7. The molecule has 4 aromatic carbocycles.